The van der Waals surface area contributed by atoms with Gasteiger partial charge >= 0.3 is 0 Å². The summed E-state index contributed by atoms with van der Waals surface area (Å²) in [6.45, 7) is 7.21. The van der Waals surface area contributed by atoms with E-state index in [1.165, 1.54) is 12.1 Å². The lowest BCUT2D eigenvalue weighted by Gasteiger charge is -2.41. The Labute approximate surface area is 122 Å². The van der Waals surface area contributed by atoms with E-state index in [9.17, 15) is 9.18 Å². The molecule has 1 fully saturated rings. The molecule has 2 nitrogen and oxygen atoms in total. The molecule has 0 saturated carbocycles. The Morgan fingerprint density at radius 1 is 1.37 bits per heavy atom. The Morgan fingerprint density at radius 2 is 2.05 bits per heavy atom. The average Bonchev–Trinajstić information content (AvgIpc) is 2.33. The Morgan fingerprint density at radius 3 is 2.68 bits per heavy atom. The topological polar surface area (TPSA) is 20.3 Å². The normalized spacial score (nSPS) is 27.4. The molecule has 4 heteroatoms. The SMILES string of the molecule is CC1CC(C)C(C)N(C(=O)c2ccc(F)cc2Br)C1. The highest BCUT2D eigenvalue weighted by atomic mass is 79.9. The van der Waals surface area contributed by atoms with Crippen molar-refractivity contribution in [2.45, 2.75) is 33.2 Å². The van der Waals surface area contributed by atoms with E-state index in [4.69, 9.17) is 0 Å². The zero-order valence-corrected chi connectivity index (χ0v) is 13.1. The van der Waals surface area contributed by atoms with Gasteiger partial charge in [0.1, 0.15) is 5.82 Å². The van der Waals surface area contributed by atoms with Crippen molar-refractivity contribution in [2.24, 2.45) is 11.8 Å². The number of benzene rings is 1. The first-order valence-electron chi connectivity index (χ1n) is 6.66. The van der Waals surface area contributed by atoms with Crippen LogP contribution in [0, 0.1) is 17.7 Å². The van der Waals surface area contributed by atoms with Crippen LogP contribution in [0.5, 0.6) is 0 Å². The highest BCUT2D eigenvalue weighted by Crippen LogP contribution is 2.29. The number of nitrogens with zero attached hydrogens (tertiary/aromatic N) is 1. The molecular formula is C15H19BrFNO. The third-order valence-corrected chi connectivity index (χ3v) is 4.68. The van der Waals surface area contributed by atoms with E-state index in [1.807, 2.05) is 4.90 Å². The van der Waals surface area contributed by atoms with Gasteiger partial charge in [-0.2, -0.15) is 0 Å². The van der Waals surface area contributed by atoms with Crippen LogP contribution in [0.25, 0.3) is 0 Å². The van der Waals surface area contributed by atoms with Crippen molar-refractivity contribution in [3.05, 3.63) is 34.1 Å². The van der Waals surface area contributed by atoms with Crippen molar-refractivity contribution in [3.8, 4) is 0 Å². The third kappa shape index (κ3) is 2.99. The van der Waals surface area contributed by atoms with Crippen molar-refractivity contribution in [1.29, 1.82) is 0 Å². The standard InChI is InChI=1S/C15H19BrFNO/c1-9-6-10(2)11(3)18(8-9)15(19)13-5-4-12(17)7-14(13)16/h4-5,7,9-11H,6,8H2,1-3H3. The minimum atomic E-state index is -0.336. The molecule has 1 aliphatic rings. The summed E-state index contributed by atoms with van der Waals surface area (Å²) < 4.78 is 13.6. The second-order valence-electron chi connectivity index (χ2n) is 5.64. The fraction of sp³-hybridized carbons (Fsp3) is 0.533. The van der Waals surface area contributed by atoms with E-state index in [-0.39, 0.29) is 17.8 Å². The lowest BCUT2D eigenvalue weighted by Crippen LogP contribution is -2.48. The molecule has 1 saturated heterocycles. The molecule has 104 valence electrons. The number of hydrogen-bond acceptors (Lipinski definition) is 1. The summed E-state index contributed by atoms with van der Waals surface area (Å²) in [7, 11) is 0. The Balaban J connectivity index is 2.27. The summed E-state index contributed by atoms with van der Waals surface area (Å²) in [5.41, 5.74) is 0.537. The second kappa shape index (κ2) is 5.61. The third-order valence-electron chi connectivity index (χ3n) is 4.02. The van der Waals surface area contributed by atoms with Crippen LogP contribution in [0.2, 0.25) is 0 Å². The first-order valence-corrected chi connectivity index (χ1v) is 7.45. The largest absolute Gasteiger partial charge is 0.335 e. The van der Waals surface area contributed by atoms with Crippen LogP contribution in [0.3, 0.4) is 0 Å². The summed E-state index contributed by atoms with van der Waals surface area (Å²) in [5, 5.41) is 0. The molecular weight excluding hydrogens is 309 g/mol. The van der Waals surface area contributed by atoms with Crippen molar-refractivity contribution >= 4 is 21.8 Å². The summed E-state index contributed by atoms with van der Waals surface area (Å²) in [6.07, 6.45) is 1.15. The number of piperidine rings is 1. The molecule has 1 aromatic carbocycles. The van der Waals surface area contributed by atoms with Gasteiger partial charge in [0.25, 0.3) is 5.91 Å². The van der Waals surface area contributed by atoms with E-state index in [0.29, 0.717) is 21.9 Å². The number of likely N-dealkylation sites (tertiary alicyclic amines) is 1. The van der Waals surface area contributed by atoms with Gasteiger partial charge in [-0.05, 0) is 59.3 Å². The molecule has 0 radical (unpaired) electrons. The Bertz CT molecular complexity index is 491. The molecule has 0 spiro atoms. The van der Waals surface area contributed by atoms with Crippen LogP contribution in [0.1, 0.15) is 37.6 Å². The maximum Gasteiger partial charge on any atom is 0.255 e. The van der Waals surface area contributed by atoms with Crippen LogP contribution >= 0.6 is 15.9 Å². The molecule has 0 bridgehead atoms. The zero-order chi connectivity index (χ0) is 14.2. The monoisotopic (exact) mass is 327 g/mol. The Hall–Kier alpha value is -0.900. The highest BCUT2D eigenvalue weighted by molar-refractivity contribution is 9.10. The highest BCUT2D eigenvalue weighted by Gasteiger charge is 2.32. The fourth-order valence-electron chi connectivity index (χ4n) is 2.80. The number of hydrogen-bond donors (Lipinski definition) is 0. The van der Waals surface area contributed by atoms with Gasteiger partial charge in [-0.1, -0.05) is 13.8 Å². The van der Waals surface area contributed by atoms with Gasteiger partial charge < -0.3 is 4.90 Å². The van der Waals surface area contributed by atoms with Gasteiger partial charge in [0.05, 0.1) is 5.56 Å². The minimum absolute atomic E-state index is 0.0159. The molecule has 1 amide bonds. The van der Waals surface area contributed by atoms with E-state index >= 15 is 0 Å². The van der Waals surface area contributed by atoms with Crippen LogP contribution in [-0.2, 0) is 0 Å². The zero-order valence-electron chi connectivity index (χ0n) is 11.5. The van der Waals surface area contributed by atoms with Gasteiger partial charge in [0.15, 0.2) is 0 Å². The molecule has 2 rings (SSSR count). The summed E-state index contributed by atoms with van der Waals surface area (Å²) in [4.78, 5) is 14.5. The van der Waals surface area contributed by atoms with Crippen LogP contribution in [0.4, 0.5) is 4.39 Å². The predicted molar refractivity (Wildman–Crippen MR) is 77.5 cm³/mol. The molecule has 0 N–H and O–H groups in total. The van der Waals surface area contributed by atoms with Gasteiger partial charge in [-0.25, -0.2) is 4.39 Å². The smallest absolute Gasteiger partial charge is 0.255 e. The summed E-state index contributed by atoms with van der Waals surface area (Å²) in [6, 6.07) is 4.45. The number of carbonyl (C=O) groups is 1. The molecule has 3 unspecified atom stereocenters. The van der Waals surface area contributed by atoms with Crippen molar-refractivity contribution in [3.63, 3.8) is 0 Å². The average molecular weight is 328 g/mol. The predicted octanol–water partition coefficient (Wildman–Crippen LogP) is 4.09. The molecule has 3 atom stereocenters. The van der Waals surface area contributed by atoms with Gasteiger partial charge in [0.2, 0.25) is 0 Å². The molecule has 1 aliphatic heterocycles. The number of halogens is 2. The number of amides is 1. The Kier molecular flexibility index (Phi) is 4.29. The minimum Gasteiger partial charge on any atom is -0.335 e. The molecule has 1 aromatic rings. The van der Waals surface area contributed by atoms with Gasteiger partial charge in [0, 0.05) is 17.1 Å². The van der Waals surface area contributed by atoms with E-state index in [1.54, 1.807) is 6.07 Å². The number of carbonyl (C=O) groups excluding carboxylic acids is 1. The molecule has 0 aliphatic carbocycles. The molecule has 1 heterocycles. The fourth-order valence-corrected chi connectivity index (χ4v) is 3.32. The van der Waals surface area contributed by atoms with Gasteiger partial charge in [-0.15, -0.1) is 0 Å². The summed E-state index contributed by atoms with van der Waals surface area (Å²) >= 11 is 3.28. The summed E-state index contributed by atoms with van der Waals surface area (Å²) in [5.74, 6) is 0.649. The van der Waals surface area contributed by atoms with Crippen molar-refractivity contribution < 1.29 is 9.18 Å². The van der Waals surface area contributed by atoms with Gasteiger partial charge in [-0.3, -0.25) is 4.79 Å². The lowest BCUT2D eigenvalue weighted by molar-refractivity contribution is 0.0455. The van der Waals surface area contributed by atoms with E-state index in [2.05, 4.69) is 36.7 Å². The maximum atomic E-state index is 13.1. The second-order valence-corrected chi connectivity index (χ2v) is 6.49. The van der Waals surface area contributed by atoms with Crippen LogP contribution in [-0.4, -0.2) is 23.4 Å². The number of rotatable bonds is 1. The molecule has 0 aromatic heterocycles. The van der Waals surface area contributed by atoms with Crippen LogP contribution < -0.4 is 0 Å². The lowest BCUT2D eigenvalue weighted by atomic mass is 9.85. The molecule has 19 heavy (non-hydrogen) atoms. The van der Waals surface area contributed by atoms with Crippen molar-refractivity contribution in [1.82, 2.24) is 4.90 Å². The first kappa shape index (κ1) is 14.5. The van der Waals surface area contributed by atoms with E-state index < -0.39 is 0 Å². The van der Waals surface area contributed by atoms with Crippen molar-refractivity contribution in [2.75, 3.05) is 6.54 Å². The van der Waals surface area contributed by atoms with Crippen LogP contribution in [0.15, 0.2) is 22.7 Å². The quantitative estimate of drug-likeness (QED) is 0.760. The first-order chi connectivity index (χ1) is 8.90. The maximum absolute atomic E-state index is 13.1. The van der Waals surface area contributed by atoms with E-state index in [0.717, 1.165) is 13.0 Å².